The molecule has 65 heavy (non-hydrogen) atoms. The zero-order valence-corrected chi connectivity index (χ0v) is 40.7. The van der Waals surface area contributed by atoms with E-state index in [0.717, 1.165) is 93.5 Å². The Kier molecular flexibility index (Phi) is 13.4. The van der Waals surface area contributed by atoms with E-state index in [1.807, 2.05) is 33.8 Å². The zero-order valence-electron chi connectivity index (χ0n) is 37.4. The Hall–Kier alpha value is -4.96. The number of rotatable bonds is 10. The van der Waals surface area contributed by atoms with Crippen LogP contribution >= 0.6 is 22.7 Å². The quantitative estimate of drug-likeness (QED) is 0.103. The number of thiophene rings is 2. The van der Waals surface area contributed by atoms with Crippen LogP contribution in [0.5, 0.6) is 0 Å². The molecule has 8 heterocycles. The first kappa shape index (κ1) is 46.6. The Morgan fingerprint density at radius 1 is 0.662 bits per heavy atom. The summed E-state index contributed by atoms with van der Waals surface area (Å²) in [7, 11) is -6.91. The van der Waals surface area contributed by atoms with Crippen molar-refractivity contribution < 1.29 is 31.5 Å². The molecule has 0 radical (unpaired) electrons. The van der Waals surface area contributed by atoms with Crippen molar-refractivity contribution in [1.82, 2.24) is 39.4 Å². The number of likely N-dealkylation sites (tertiary alicyclic amines) is 1. The van der Waals surface area contributed by atoms with Gasteiger partial charge in [0.15, 0.2) is 11.3 Å². The smallest absolute Gasteiger partial charge is 0.348 e. The van der Waals surface area contributed by atoms with Gasteiger partial charge < -0.3 is 15.3 Å². The van der Waals surface area contributed by atoms with Crippen molar-refractivity contribution in [2.75, 3.05) is 35.0 Å². The van der Waals surface area contributed by atoms with E-state index >= 15 is 0 Å². The lowest BCUT2D eigenvalue weighted by Crippen LogP contribution is -2.38. The number of aromatic carboxylic acids is 1. The van der Waals surface area contributed by atoms with Gasteiger partial charge in [-0.05, 0) is 116 Å². The van der Waals surface area contributed by atoms with Gasteiger partial charge in [0, 0.05) is 63.0 Å². The molecule has 0 spiro atoms. The topological polar surface area (TPSA) is 222 Å². The fourth-order valence-corrected chi connectivity index (χ4v) is 11.4. The van der Waals surface area contributed by atoms with E-state index < -0.39 is 26.0 Å². The highest BCUT2D eigenvalue weighted by atomic mass is 32.2. The summed E-state index contributed by atoms with van der Waals surface area (Å²) >= 11 is 2.35. The summed E-state index contributed by atoms with van der Waals surface area (Å²) in [4.78, 5) is 37.8. The van der Waals surface area contributed by atoms with E-state index in [2.05, 4.69) is 39.9 Å². The molecule has 0 aromatic carbocycles. The molecule has 348 valence electrons. The Morgan fingerprint density at radius 2 is 1.17 bits per heavy atom. The third kappa shape index (κ3) is 11.4. The first-order valence-corrected chi connectivity index (χ1v) is 27.4. The van der Waals surface area contributed by atoms with Crippen molar-refractivity contribution in [3.63, 3.8) is 0 Å². The number of aromatic nitrogens is 6. The normalized spacial score (nSPS) is 19.0. The zero-order chi connectivity index (χ0) is 46.4. The number of sulfonamides is 2. The summed E-state index contributed by atoms with van der Waals surface area (Å²) in [6.45, 7) is 9.48. The number of carboxylic acid groups (broad SMARTS) is 1. The number of aryl methyl sites for hydroxylation is 4. The minimum Gasteiger partial charge on any atom is -0.477 e. The van der Waals surface area contributed by atoms with Crippen LogP contribution in [-0.4, -0.2) is 93.5 Å². The Labute approximate surface area is 387 Å². The minimum atomic E-state index is -3.48. The van der Waals surface area contributed by atoms with Gasteiger partial charge in [-0.1, -0.05) is 6.42 Å². The van der Waals surface area contributed by atoms with Crippen LogP contribution in [0, 0.1) is 27.7 Å². The van der Waals surface area contributed by atoms with Crippen molar-refractivity contribution in [3.8, 4) is 0 Å². The number of piperidine rings is 2. The second-order valence-electron chi connectivity index (χ2n) is 17.6. The van der Waals surface area contributed by atoms with E-state index in [4.69, 9.17) is 25.3 Å². The monoisotopic (exact) mass is 964 g/mol. The Balaban J connectivity index is 0.000000147. The highest BCUT2D eigenvalue weighted by Gasteiger charge is 2.34. The van der Waals surface area contributed by atoms with Crippen LogP contribution in [-0.2, 0) is 20.0 Å². The number of fused-ring (bicyclic) bond motifs is 2. The van der Waals surface area contributed by atoms with E-state index in [1.165, 1.54) is 73.7 Å². The van der Waals surface area contributed by atoms with Crippen LogP contribution < -0.4 is 14.8 Å². The van der Waals surface area contributed by atoms with Crippen LogP contribution in [0.1, 0.15) is 151 Å². The molecule has 0 unspecified atom stereocenters. The number of nitrogens with zero attached hydrogens (tertiary/aromatic N) is 7. The molecule has 2 aliphatic heterocycles. The Morgan fingerprint density at radius 3 is 1.68 bits per heavy atom. The second kappa shape index (κ2) is 18.7. The maximum absolute atomic E-state index is 13.6. The molecule has 0 bridgehead atoms. The molecule has 2 saturated heterocycles. The van der Waals surface area contributed by atoms with Gasteiger partial charge in [0.1, 0.15) is 9.75 Å². The first-order valence-electron chi connectivity index (χ1n) is 22.0. The molecule has 4 fully saturated rings. The molecular formula is C44H56N10O7S4. The largest absolute Gasteiger partial charge is 0.477 e. The molecule has 21 heteroatoms. The van der Waals surface area contributed by atoms with Crippen LogP contribution in [0.25, 0.3) is 11.3 Å². The van der Waals surface area contributed by atoms with Gasteiger partial charge in [-0.2, -0.15) is 10.2 Å². The van der Waals surface area contributed by atoms with Crippen LogP contribution in [0.3, 0.4) is 0 Å². The van der Waals surface area contributed by atoms with Crippen molar-refractivity contribution in [1.29, 1.82) is 0 Å². The van der Waals surface area contributed by atoms with Gasteiger partial charge in [-0.25, -0.2) is 40.6 Å². The second-order valence-corrected chi connectivity index (χ2v) is 23.6. The molecule has 6 aromatic heterocycles. The lowest BCUT2D eigenvalue weighted by Gasteiger charge is -2.34. The number of carbonyl (C=O) groups excluding carboxylic acids is 1. The average Bonchev–Trinajstić information content (AvgIpc) is 4.12. The SMILES string of the molecule is Cc1cc(C2CC2)nc2cc([C@@H]3CCCCN3)nn12.Cc1cc(NS(C)(=O)=O)c(C(=O)N2CCCC[C@H]2c2cc3nc(C4CC4)cc(C)n3n2)s1.Cc1cc(NS(C)(=O)=O)c(C(=O)O)s1. The van der Waals surface area contributed by atoms with Gasteiger partial charge in [0.25, 0.3) is 5.91 Å². The molecule has 4 N–H and O–H groups in total. The Bertz CT molecular complexity index is 2980. The molecular weight excluding hydrogens is 909 g/mol. The summed E-state index contributed by atoms with van der Waals surface area (Å²) in [5.74, 6) is -0.0175. The molecule has 4 aliphatic rings. The average molecular weight is 965 g/mol. The van der Waals surface area contributed by atoms with Gasteiger partial charge in [0.2, 0.25) is 20.0 Å². The fraction of sp³-hybridized carbons (Fsp3) is 0.500. The molecule has 2 atom stereocenters. The highest BCUT2D eigenvalue weighted by molar-refractivity contribution is 7.92. The molecule has 17 nitrogen and oxygen atoms in total. The van der Waals surface area contributed by atoms with Gasteiger partial charge >= 0.3 is 5.97 Å². The summed E-state index contributed by atoms with van der Waals surface area (Å²) in [6.07, 6.45) is 13.6. The third-order valence-electron chi connectivity index (χ3n) is 11.7. The number of carbonyl (C=O) groups is 2. The molecule has 6 aromatic rings. The molecule has 2 aliphatic carbocycles. The highest BCUT2D eigenvalue weighted by Crippen LogP contribution is 2.41. The predicted octanol–water partition coefficient (Wildman–Crippen LogP) is 7.88. The molecule has 2 saturated carbocycles. The van der Waals surface area contributed by atoms with Crippen LogP contribution in [0.2, 0.25) is 0 Å². The summed E-state index contributed by atoms with van der Waals surface area (Å²) in [6, 6.07) is 12.0. The summed E-state index contributed by atoms with van der Waals surface area (Å²) in [5, 5.41) is 21.9. The van der Waals surface area contributed by atoms with Crippen molar-refractivity contribution in [2.24, 2.45) is 0 Å². The number of anilines is 2. The number of nitrogens with one attached hydrogen (secondary N) is 3. The first-order chi connectivity index (χ1) is 30.8. The van der Waals surface area contributed by atoms with E-state index in [-0.39, 0.29) is 22.5 Å². The van der Waals surface area contributed by atoms with E-state index in [0.29, 0.717) is 35.0 Å². The summed E-state index contributed by atoms with van der Waals surface area (Å²) < 4.78 is 53.9. The van der Waals surface area contributed by atoms with Crippen molar-refractivity contribution in [2.45, 2.75) is 116 Å². The molecule has 1 amide bonds. The van der Waals surface area contributed by atoms with Crippen LogP contribution in [0.15, 0.2) is 36.4 Å². The molecule has 10 rings (SSSR count). The van der Waals surface area contributed by atoms with Gasteiger partial charge in [0.05, 0.1) is 47.4 Å². The maximum Gasteiger partial charge on any atom is 0.348 e. The lowest BCUT2D eigenvalue weighted by atomic mass is 9.99. The summed E-state index contributed by atoms with van der Waals surface area (Å²) in [5.41, 5.74) is 8.95. The van der Waals surface area contributed by atoms with E-state index in [1.54, 1.807) is 13.0 Å². The van der Waals surface area contributed by atoms with Crippen molar-refractivity contribution >= 4 is 77.3 Å². The van der Waals surface area contributed by atoms with Crippen molar-refractivity contribution in [3.05, 3.63) is 90.1 Å². The predicted molar refractivity (Wildman–Crippen MR) is 254 cm³/mol. The van der Waals surface area contributed by atoms with E-state index in [9.17, 15) is 26.4 Å². The van der Waals surface area contributed by atoms with Gasteiger partial charge in [-0.3, -0.25) is 14.2 Å². The van der Waals surface area contributed by atoms with Gasteiger partial charge in [-0.15, -0.1) is 22.7 Å². The minimum absolute atomic E-state index is 0.00734. The third-order valence-corrected chi connectivity index (χ3v) is 15.0. The number of carboxylic acids is 1. The number of amides is 1. The maximum atomic E-state index is 13.6. The van der Waals surface area contributed by atoms with Crippen LogP contribution in [0.4, 0.5) is 11.4 Å². The lowest BCUT2D eigenvalue weighted by molar-refractivity contribution is 0.0611. The number of hydrogen-bond acceptors (Lipinski definition) is 13. The number of hydrogen-bond donors (Lipinski definition) is 4. The fourth-order valence-electron chi connectivity index (χ4n) is 8.46. The standard InChI is InChI=1S/C22H27N5O3S2.C15H20N4.C7H9NO4S2/c1-13-10-16(15-7-8-15)23-20-12-17(24-27(13)20)19-6-4-5-9-26(19)22(28)21-18(11-14(2)31-21)25-32(3,29)30;1-10-8-13(11-5-6-11)17-15-9-14(18-19(10)15)12-4-2-3-7-16-12;1-4-3-5(8-14(2,11)12)6(13-4)7(9)10/h10-12,15,19,25H,4-9H2,1-3H3;8-9,11-12,16H,2-7H2,1H3;3,8H,1-2H3,(H,9,10)/t19-;12-;/m00./s1.